The van der Waals surface area contributed by atoms with E-state index < -0.39 is 37.8 Å². The summed E-state index contributed by atoms with van der Waals surface area (Å²) in [7, 11) is 0.428. The van der Waals surface area contributed by atoms with Gasteiger partial charge in [0.25, 0.3) is 0 Å². The van der Waals surface area contributed by atoms with E-state index in [4.69, 9.17) is 28.0 Å². The maximum atomic E-state index is 13.6. The highest BCUT2D eigenvalue weighted by molar-refractivity contribution is 7.54. The third-order valence-corrected chi connectivity index (χ3v) is 8.12. The quantitative estimate of drug-likeness (QED) is 0.411. The number of methoxy groups -OCH3 is 1. The van der Waals surface area contributed by atoms with Gasteiger partial charge in [0.15, 0.2) is 6.29 Å². The third kappa shape index (κ3) is 7.21. The van der Waals surface area contributed by atoms with Crippen LogP contribution >= 0.6 is 7.60 Å². The fourth-order valence-corrected chi connectivity index (χ4v) is 5.70. The van der Waals surface area contributed by atoms with Gasteiger partial charge in [0.1, 0.15) is 23.9 Å². The molecule has 35 heavy (non-hydrogen) atoms. The Morgan fingerprint density at radius 3 is 2.06 bits per heavy atom. The first kappa shape index (κ1) is 27.5. The molecule has 2 aromatic rings. The zero-order chi connectivity index (χ0) is 25.3. The van der Waals surface area contributed by atoms with E-state index in [0.717, 1.165) is 11.1 Å². The second kappa shape index (κ2) is 13.3. The maximum Gasteiger partial charge on any atom is 0.338 e. The number of ether oxygens (including phenoxy) is 4. The van der Waals surface area contributed by atoms with E-state index in [2.05, 4.69) is 5.32 Å². The standard InChI is InChI=1S/C25H34NO8P/c1-18(27)26-22-24(33-16-20-13-9-6-10-14-20)23(34-25(22)29-2)21(35(28,30-3)31-4)17-32-15-19-11-7-5-8-12-19/h5-14,21-25H,15-17H2,1-4H3,(H,26,27)/t21-,22+,23-,24-,25+/m1/s1. The van der Waals surface area contributed by atoms with Crippen LogP contribution in [0.3, 0.4) is 0 Å². The molecule has 1 aliphatic rings. The predicted octanol–water partition coefficient (Wildman–Crippen LogP) is 3.52. The Morgan fingerprint density at radius 1 is 0.971 bits per heavy atom. The number of carbonyl (C=O) groups is 1. The minimum Gasteiger partial charge on any atom is -0.376 e. The van der Waals surface area contributed by atoms with Gasteiger partial charge in [0.05, 0.1) is 19.8 Å². The van der Waals surface area contributed by atoms with Crippen LogP contribution in [0.2, 0.25) is 0 Å². The van der Waals surface area contributed by atoms with E-state index in [1.165, 1.54) is 28.3 Å². The van der Waals surface area contributed by atoms with Crippen molar-refractivity contribution in [1.29, 1.82) is 0 Å². The summed E-state index contributed by atoms with van der Waals surface area (Å²) in [6.45, 7) is 1.96. The van der Waals surface area contributed by atoms with Crippen LogP contribution in [-0.4, -0.2) is 64.0 Å². The van der Waals surface area contributed by atoms with E-state index in [9.17, 15) is 9.36 Å². The molecule has 0 bridgehead atoms. The normalized spacial score (nSPS) is 23.2. The van der Waals surface area contributed by atoms with Crippen molar-refractivity contribution in [3.63, 3.8) is 0 Å². The monoisotopic (exact) mass is 507 g/mol. The van der Waals surface area contributed by atoms with Crippen molar-refractivity contribution in [3.05, 3.63) is 71.8 Å². The van der Waals surface area contributed by atoms with Crippen LogP contribution < -0.4 is 5.32 Å². The van der Waals surface area contributed by atoms with E-state index in [1.54, 1.807) is 0 Å². The number of hydrogen-bond donors (Lipinski definition) is 1. The highest BCUT2D eigenvalue weighted by atomic mass is 31.2. The molecule has 2 aromatic carbocycles. The molecule has 1 fully saturated rings. The average Bonchev–Trinajstić information content (AvgIpc) is 3.22. The largest absolute Gasteiger partial charge is 0.376 e. The highest BCUT2D eigenvalue weighted by Gasteiger charge is 2.54. The number of nitrogens with one attached hydrogen (secondary N) is 1. The Morgan fingerprint density at radius 2 is 1.54 bits per heavy atom. The van der Waals surface area contributed by atoms with Crippen LogP contribution in [0.5, 0.6) is 0 Å². The van der Waals surface area contributed by atoms with Gasteiger partial charge in [-0.25, -0.2) is 0 Å². The summed E-state index contributed by atoms with van der Waals surface area (Å²) < 4.78 is 48.2. The van der Waals surface area contributed by atoms with Crippen LogP contribution in [0.4, 0.5) is 0 Å². The van der Waals surface area contributed by atoms with Crippen LogP contribution in [0.15, 0.2) is 60.7 Å². The van der Waals surface area contributed by atoms with Crippen LogP contribution in [-0.2, 0) is 50.6 Å². The molecule has 1 N–H and O–H groups in total. The van der Waals surface area contributed by atoms with Crippen molar-refractivity contribution in [1.82, 2.24) is 5.32 Å². The average molecular weight is 508 g/mol. The summed E-state index contributed by atoms with van der Waals surface area (Å²) in [6.07, 6.45) is -2.36. The number of amides is 1. The number of rotatable bonds is 13. The van der Waals surface area contributed by atoms with E-state index in [0.29, 0.717) is 6.61 Å². The lowest BCUT2D eigenvalue weighted by molar-refractivity contribution is -0.136. The molecule has 10 heteroatoms. The van der Waals surface area contributed by atoms with Gasteiger partial charge >= 0.3 is 7.60 Å². The molecule has 9 nitrogen and oxygen atoms in total. The predicted molar refractivity (Wildman–Crippen MR) is 130 cm³/mol. The molecule has 0 aliphatic carbocycles. The van der Waals surface area contributed by atoms with Crippen molar-refractivity contribution in [3.8, 4) is 0 Å². The summed E-state index contributed by atoms with van der Waals surface area (Å²) >= 11 is 0. The molecule has 0 aromatic heterocycles. The molecule has 0 radical (unpaired) electrons. The van der Waals surface area contributed by atoms with E-state index >= 15 is 0 Å². The van der Waals surface area contributed by atoms with Crippen molar-refractivity contribution in [2.24, 2.45) is 0 Å². The number of hydrogen-bond acceptors (Lipinski definition) is 8. The van der Waals surface area contributed by atoms with Gasteiger partial charge in [-0.3, -0.25) is 9.36 Å². The minimum atomic E-state index is -3.69. The summed E-state index contributed by atoms with van der Waals surface area (Å²) in [5.74, 6) is -0.270. The van der Waals surface area contributed by atoms with Gasteiger partial charge in [-0.15, -0.1) is 0 Å². The smallest absolute Gasteiger partial charge is 0.338 e. The Balaban J connectivity index is 1.87. The molecule has 1 saturated heterocycles. The zero-order valence-electron chi connectivity index (χ0n) is 20.5. The van der Waals surface area contributed by atoms with Gasteiger partial charge in [-0.2, -0.15) is 0 Å². The second-order valence-corrected chi connectivity index (χ2v) is 10.6. The molecule has 1 amide bonds. The molecular weight excluding hydrogens is 473 g/mol. The van der Waals surface area contributed by atoms with Crippen LogP contribution in [0, 0.1) is 0 Å². The van der Waals surface area contributed by atoms with Gasteiger partial charge in [-0.1, -0.05) is 60.7 Å². The topological polar surface area (TPSA) is 102 Å². The Labute approximate surface area is 206 Å². The fourth-order valence-electron chi connectivity index (χ4n) is 4.12. The molecule has 1 heterocycles. The van der Waals surface area contributed by atoms with Crippen molar-refractivity contribution in [2.45, 2.75) is 50.3 Å². The minimum absolute atomic E-state index is 0.00689. The third-order valence-electron chi connectivity index (χ3n) is 5.84. The number of benzene rings is 2. The molecule has 3 rings (SSSR count). The van der Waals surface area contributed by atoms with Crippen molar-refractivity contribution in [2.75, 3.05) is 27.9 Å². The SMILES string of the molecule is CO[C@H]1O[C@H]([C@@H](COCc2ccccc2)P(=O)(OC)OC)[C@H](OCc2ccccc2)[C@@H]1NC(C)=O. The summed E-state index contributed by atoms with van der Waals surface area (Å²) in [5.41, 5.74) is 1.05. The first-order valence-electron chi connectivity index (χ1n) is 11.4. The summed E-state index contributed by atoms with van der Waals surface area (Å²) in [4.78, 5) is 12.0. The highest BCUT2D eigenvalue weighted by Crippen LogP contribution is 2.55. The fraction of sp³-hybridized carbons (Fsp3) is 0.480. The molecule has 192 valence electrons. The molecular formula is C25H34NO8P. The number of carbonyl (C=O) groups excluding carboxylic acids is 1. The lowest BCUT2D eigenvalue weighted by Crippen LogP contribution is -2.50. The molecule has 5 atom stereocenters. The van der Waals surface area contributed by atoms with Gasteiger partial charge in [0.2, 0.25) is 5.91 Å². The van der Waals surface area contributed by atoms with Gasteiger partial charge in [-0.05, 0) is 11.1 Å². The first-order valence-corrected chi connectivity index (χ1v) is 13.0. The van der Waals surface area contributed by atoms with Crippen LogP contribution in [0.1, 0.15) is 18.1 Å². The zero-order valence-corrected chi connectivity index (χ0v) is 21.4. The maximum absolute atomic E-state index is 13.6. The molecule has 0 unspecified atom stereocenters. The Bertz CT molecular complexity index is 952. The summed E-state index contributed by atoms with van der Waals surface area (Å²) in [5, 5.41) is 2.86. The molecule has 0 spiro atoms. The molecule has 1 aliphatic heterocycles. The Kier molecular flexibility index (Phi) is 10.4. The van der Waals surface area contributed by atoms with Crippen molar-refractivity contribution < 1.29 is 37.4 Å². The van der Waals surface area contributed by atoms with Crippen LogP contribution in [0.25, 0.3) is 0 Å². The lowest BCUT2D eigenvalue weighted by Gasteiger charge is -2.32. The van der Waals surface area contributed by atoms with Gasteiger partial charge < -0.3 is 33.3 Å². The molecule has 0 saturated carbocycles. The van der Waals surface area contributed by atoms with Gasteiger partial charge in [0, 0.05) is 28.3 Å². The van der Waals surface area contributed by atoms with Crippen molar-refractivity contribution >= 4 is 13.5 Å². The van der Waals surface area contributed by atoms with E-state index in [-0.39, 0.29) is 19.1 Å². The lowest BCUT2D eigenvalue weighted by atomic mass is 10.1. The Hall–Kier alpha value is -2.10. The van der Waals surface area contributed by atoms with E-state index in [1.807, 2.05) is 60.7 Å². The summed E-state index contributed by atoms with van der Waals surface area (Å²) in [6, 6.07) is 18.6. The second-order valence-electron chi connectivity index (χ2n) is 8.17. The first-order chi connectivity index (χ1) is 16.9.